The lowest BCUT2D eigenvalue weighted by molar-refractivity contribution is 0.112. The van der Waals surface area contributed by atoms with Crippen molar-refractivity contribution in [2.75, 3.05) is 0 Å². The van der Waals surface area contributed by atoms with Crippen LogP contribution < -0.4 is 0 Å². The predicted molar refractivity (Wildman–Crippen MR) is 60.2 cm³/mol. The second-order valence-corrected chi connectivity index (χ2v) is 4.06. The van der Waals surface area contributed by atoms with Gasteiger partial charge in [0.15, 0.2) is 0 Å². The number of hydrogen-bond acceptors (Lipinski definition) is 2. The summed E-state index contributed by atoms with van der Waals surface area (Å²) >= 11 is 0. The van der Waals surface area contributed by atoms with E-state index in [9.17, 15) is 4.79 Å². The number of aldehydes is 1. The first-order chi connectivity index (χ1) is 7.13. The number of fused-ring (bicyclic) bond motifs is 1. The average molecular weight is 202 g/mol. The molecule has 15 heavy (non-hydrogen) atoms. The summed E-state index contributed by atoms with van der Waals surface area (Å²) in [6.45, 7) is 4.29. The maximum atomic E-state index is 10.6. The molecule has 0 amide bonds. The molecule has 2 aromatic rings. The molecule has 0 aliphatic carbocycles. The lowest BCUT2D eigenvalue weighted by Crippen LogP contribution is -1.99. The molecule has 0 fully saturated rings. The fourth-order valence-corrected chi connectivity index (χ4v) is 2.00. The van der Waals surface area contributed by atoms with Gasteiger partial charge in [-0.25, -0.2) is 0 Å². The van der Waals surface area contributed by atoms with Gasteiger partial charge in [0.1, 0.15) is 6.29 Å². The molecule has 0 saturated carbocycles. The van der Waals surface area contributed by atoms with E-state index in [0.717, 1.165) is 17.2 Å². The second-order valence-electron chi connectivity index (χ2n) is 4.06. The van der Waals surface area contributed by atoms with Crippen molar-refractivity contribution in [1.82, 2.24) is 9.78 Å². The maximum Gasteiger partial charge on any atom is 0.150 e. The molecule has 0 unspecified atom stereocenters. The van der Waals surface area contributed by atoms with Crippen LogP contribution in [0.4, 0.5) is 0 Å². The van der Waals surface area contributed by atoms with Crippen molar-refractivity contribution in [3.63, 3.8) is 0 Å². The number of carbonyl (C=O) groups excluding carboxylic acids is 1. The molecule has 0 bridgehead atoms. The van der Waals surface area contributed by atoms with Crippen molar-refractivity contribution in [3.05, 3.63) is 29.5 Å². The Morgan fingerprint density at radius 1 is 1.40 bits per heavy atom. The Morgan fingerprint density at radius 3 is 2.73 bits per heavy atom. The van der Waals surface area contributed by atoms with Gasteiger partial charge in [-0.05, 0) is 12.0 Å². The van der Waals surface area contributed by atoms with Gasteiger partial charge in [0.25, 0.3) is 0 Å². The van der Waals surface area contributed by atoms with Crippen molar-refractivity contribution in [2.24, 2.45) is 7.05 Å². The Kier molecular flexibility index (Phi) is 2.31. The third-order valence-corrected chi connectivity index (χ3v) is 2.59. The van der Waals surface area contributed by atoms with Crippen LogP contribution in [-0.4, -0.2) is 16.1 Å². The van der Waals surface area contributed by atoms with Gasteiger partial charge < -0.3 is 0 Å². The zero-order valence-corrected chi connectivity index (χ0v) is 9.19. The summed E-state index contributed by atoms with van der Waals surface area (Å²) in [5.74, 6) is 0.432. The Bertz CT molecular complexity index is 512. The van der Waals surface area contributed by atoms with E-state index in [1.807, 2.05) is 29.9 Å². The van der Waals surface area contributed by atoms with E-state index in [0.29, 0.717) is 11.5 Å². The Balaban J connectivity index is 2.73. The number of nitrogens with zero attached hydrogens (tertiary/aromatic N) is 2. The van der Waals surface area contributed by atoms with Gasteiger partial charge in [-0.3, -0.25) is 9.48 Å². The largest absolute Gasteiger partial charge is 0.298 e. The van der Waals surface area contributed by atoms with Crippen LogP contribution in [0.25, 0.3) is 10.9 Å². The van der Waals surface area contributed by atoms with E-state index in [2.05, 4.69) is 18.9 Å². The highest BCUT2D eigenvalue weighted by molar-refractivity contribution is 5.88. The monoisotopic (exact) mass is 202 g/mol. The van der Waals surface area contributed by atoms with E-state index in [-0.39, 0.29) is 0 Å². The lowest BCUT2D eigenvalue weighted by Gasteiger charge is -2.05. The van der Waals surface area contributed by atoms with Gasteiger partial charge in [0, 0.05) is 23.7 Å². The average Bonchev–Trinajstić information content (AvgIpc) is 2.52. The lowest BCUT2D eigenvalue weighted by atomic mass is 10.0. The van der Waals surface area contributed by atoms with Crippen molar-refractivity contribution in [3.8, 4) is 0 Å². The first-order valence-corrected chi connectivity index (χ1v) is 5.05. The number of benzene rings is 1. The molecule has 78 valence electrons. The molecule has 0 spiro atoms. The molecular weight excluding hydrogens is 188 g/mol. The molecule has 0 atom stereocenters. The van der Waals surface area contributed by atoms with Crippen LogP contribution in [0.1, 0.15) is 35.8 Å². The Morgan fingerprint density at radius 2 is 2.13 bits per heavy atom. The fourth-order valence-electron chi connectivity index (χ4n) is 2.00. The van der Waals surface area contributed by atoms with Crippen LogP contribution in [0.2, 0.25) is 0 Å². The third-order valence-electron chi connectivity index (χ3n) is 2.59. The molecule has 3 heteroatoms. The maximum absolute atomic E-state index is 10.6. The number of carbonyl (C=O) groups is 1. The van der Waals surface area contributed by atoms with E-state index in [4.69, 9.17) is 0 Å². The zero-order chi connectivity index (χ0) is 11.0. The topological polar surface area (TPSA) is 34.9 Å². The van der Waals surface area contributed by atoms with Gasteiger partial charge in [0.2, 0.25) is 0 Å². The zero-order valence-electron chi connectivity index (χ0n) is 9.19. The SMILES string of the molecule is CC(C)c1c2ccc(C=O)cc2nn1C. The molecule has 0 radical (unpaired) electrons. The van der Waals surface area contributed by atoms with E-state index in [1.165, 1.54) is 5.69 Å². The fraction of sp³-hybridized carbons (Fsp3) is 0.333. The van der Waals surface area contributed by atoms with Gasteiger partial charge in [-0.1, -0.05) is 26.0 Å². The van der Waals surface area contributed by atoms with Crippen LogP contribution >= 0.6 is 0 Å². The van der Waals surface area contributed by atoms with Crippen LogP contribution in [0.5, 0.6) is 0 Å². The van der Waals surface area contributed by atoms with Crippen molar-refractivity contribution in [2.45, 2.75) is 19.8 Å². The number of aryl methyl sites for hydroxylation is 1. The summed E-state index contributed by atoms with van der Waals surface area (Å²) in [7, 11) is 1.94. The highest BCUT2D eigenvalue weighted by Gasteiger charge is 2.11. The highest BCUT2D eigenvalue weighted by Crippen LogP contribution is 2.24. The van der Waals surface area contributed by atoms with E-state index >= 15 is 0 Å². The van der Waals surface area contributed by atoms with Crippen molar-refractivity contribution >= 4 is 17.2 Å². The van der Waals surface area contributed by atoms with E-state index < -0.39 is 0 Å². The minimum absolute atomic E-state index is 0.432. The number of aromatic nitrogens is 2. The molecule has 1 aromatic heterocycles. The summed E-state index contributed by atoms with van der Waals surface area (Å²) in [5, 5.41) is 5.54. The smallest absolute Gasteiger partial charge is 0.150 e. The summed E-state index contributed by atoms with van der Waals surface area (Å²) in [6.07, 6.45) is 0.850. The molecule has 0 aliphatic rings. The van der Waals surface area contributed by atoms with Gasteiger partial charge >= 0.3 is 0 Å². The van der Waals surface area contributed by atoms with Gasteiger partial charge in [-0.15, -0.1) is 0 Å². The molecule has 3 nitrogen and oxygen atoms in total. The van der Waals surface area contributed by atoms with E-state index in [1.54, 1.807) is 0 Å². The highest BCUT2D eigenvalue weighted by atomic mass is 16.1. The second kappa shape index (κ2) is 3.50. The normalized spacial score (nSPS) is 11.2. The molecular formula is C12H14N2O. The first kappa shape index (κ1) is 9.90. The molecule has 0 N–H and O–H groups in total. The first-order valence-electron chi connectivity index (χ1n) is 5.05. The number of rotatable bonds is 2. The summed E-state index contributed by atoms with van der Waals surface area (Å²) in [6, 6.07) is 5.64. The standard InChI is InChI=1S/C12H14N2O/c1-8(2)12-10-5-4-9(7-15)6-11(10)13-14(12)3/h4-8H,1-3H3. The molecule has 2 rings (SSSR count). The van der Waals surface area contributed by atoms with Crippen molar-refractivity contribution < 1.29 is 4.79 Å². The van der Waals surface area contributed by atoms with Crippen LogP contribution in [-0.2, 0) is 7.05 Å². The minimum atomic E-state index is 0.432. The molecule has 1 heterocycles. The van der Waals surface area contributed by atoms with Gasteiger partial charge in [-0.2, -0.15) is 5.10 Å². The van der Waals surface area contributed by atoms with Crippen LogP contribution in [0.3, 0.4) is 0 Å². The van der Waals surface area contributed by atoms with Crippen LogP contribution in [0.15, 0.2) is 18.2 Å². The third kappa shape index (κ3) is 1.54. The quantitative estimate of drug-likeness (QED) is 0.701. The molecule has 0 saturated heterocycles. The molecule has 1 aromatic carbocycles. The summed E-state index contributed by atoms with van der Waals surface area (Å²) in [4.78, 5) is 10.6. The Labute approximate surface area is 88.7 Å². The van der Waals surface area contributed by atoms with Crippen LogP contribution in [0, 0.1) is 0 Å². The van der Waals surface area contributed by atoms with Gasteiger partial charge in [0.05, 0.1) is 5.52 Å². The Hall–Kier alpha value is -1.64. The predicted octanol–water partition coefficient (Wildman–Crippen LogP) is 2.51. The summed E-state index contributed by atoms with van der Waals surface area (Å²) in [5.41, 5.74) is 2.78. The van der Waals surface area contributed by atoms with Crippen molar-refractivity contribution in [1.29, 1.82) is 0 Å². The minimum Gasteiger partial charge on any atom is -0.298 e. The number of hydrogen-bond donors (Lipinski definition) is 0. The summed E-state index contributed by atoms with van der Waals surface area (Å²) < 4.78 is 1.89. The molecule has 0 aliphatic heterocycles.